The van der Waals surface area contributed by atoms with Crippen LogP contribution in [0, 0.1) is 0 Å². The van der Waals surface area contributed by atoms with Crippen LogP contribution in [-0.4, -0.2) is 72.5 Å². The van der Waals surface area contributed by atoms with Gasteiger partial charge in [0.2, 0.25) is 0 Å². The van der Waals surface area contributed by atoms with Crippen LogP contribution in [0.2, 0.25) is 0 Å². The highest BCUT2D eigenvalue weighted by atomic mass is 16.5. The number of carbonyl (C=O) groups excluding carboxylic acids is 1. The van der Waals surface area contributed by atoms with Crippen molar-refractivity contribution < 1.29 is 9.53 Å². The van der Waals surface area contributed by atoms with Gasteiger partial charge in [-0.05, 0) is 44.3 Å². The van der Waals surface area contributed by atoms with E-state index in [0.29, 0.717) is 6.10 Å². The number of likely N-dealkylation sites (tertiary alicyclic amines) is 1. The Labute approximate surface area is 182 Å². The average Bonchev–Trinajstić information content (AvgIpc) is 2.64. The smallest absolute Gasteiger partial charge is 0.175 e. The van der Waals surface area contributed by atoms with Gasteiger partial charge < -0.3 is 14.5 Å². The van der Waals surface area contributed by atoms with Crippen molar-refractivity contribution in [3.05, 3.63) is 47.5 Å². The summed E-state index contributed by atoms with van der Waals surface area (Å²) in [5, 5.41) is 0. The number of methoxy groups -OCH3 is 1. The number of rotatable bonds is 9. The van der Waals surface area contributed by atoms with E-state index in [1.807, 2.05) is 0 Å². The Hall–Kier alpha value is -1.85. The zero-order chi connectivity index (χ0) is 21.7. The molecule has 2 aliphatic heterocycles. The molecule has 0 aromatic rings. The Kier molecular flexibility index (Phi) is 7.95. The summed E-state index contributed by atoms with van der Waals surface area (Å²) >= 11 is 0. The maximum absolute atomic E-state index is 12.3. The van der Waals surface area contributed by atoms with Crippen LogP contribution in [0.25, 0.3) is 0 Å². The van der Waals surface area contributed by atoms with Crippen LogP contribution in [0.5, 0.6) is 0 Å². The molecule has 0 bridgehead atoms. The lowest BCUT2D eigenvalue weighted by molar-refractivity contribution is -0.115. The predicted molar refractivity (Wildman–Crippen MR) is 123 cm³/mol. The molecule has 3 fully saturated rings. The van der Waals surface area contributed by atoms with Gasteiger partial charge in [0.05, 0.1) is 17.8 Å². The zero-order valence-corrected chi connectivity index (χ0v) is 19.3. The molecule has 5 heteroatoms. The summed E-state index contributed by atoms with van der Waals surface area (Å²) < 4.78 is 5.37. The van der Waals surface area contributed by atoms with Crippen molar-refractivity contribution in [2.24, 2.45) is 0 Å². The highest BCUT2D eigenvalue weighted by molar-refractivity contribution is 5.93. The number of ketones is 1. The second-order valence-electron chi connectivity index (χ2n) is 8.77. The fraction of sp³-hybridized carbons (Fsp3) is 0.640. The van der Waals surface area contributed by atoms with Gasteiger partial charge in [-0.25, -0.2) is 0 Å². The molecule has 1 atom stereocenters. The number of allylic oxidation sites excluding steroid dienone is 4. The van der Waals surface area contributed by atoms with E-state index < -0.39 is 0 Å². The van der Waals surface area contributed by atoms with Gasteiger partial charge in [0.1, 0.15) is 0 Å². The lowest BCUT2D eigenvalue weighted by atomic mass is 9.89. The van der Waals surface area contributed by atoms with Crippen molar-refractivity contribution in [2.75, 3.05) is 39.8 Å². The number of hydrogen-bond donors (Lipinski definition) is 0. The van der Waals surface area contributed by atoms with E-state index in [4.69, 9.17) is 4.74 Å². The maximum atomic E-state index is 12.3. The highest BCUT2D eigenvalue weighted by Gasteiger charge is 2.32. The van der Waals surface area contributed by atoms with Crippen LogP contribution in [0.1, 0.15) is 52.9 Å². The summed E-state index contributed by atoms with van der Waals surface area (Å²) in [6, 6.07) is 0.178. The fourth-order valence-corrected chi connectivity index (χ4v) is 4.44. The van der Waals surface area contributed by atoms with Crippen LogP contribution in [0.15, 0.2) is 47.5 Å². The molecule has 0 radical (unpaired) electrons. The quantitative estimate of drug-likeness (QED) is 0.532. The monoisotopic (exact) mass is 413 g/mol. The Morgan fingerprint density at radius 3 is 2.57 bits per heavy atom. The molecule has 0 aromatic carbocycles. The van der Waals surface area contributed by atoms with Crippen molar-refractivity contribution >= 4 is 5.78 Å². The average molecular weight is 414 g/mol. The van der Waals surface area contributed by atoms with Crippen LogP contribution >= 0.6 is 0 Å². The van der Waals surface area contributed by atoms with Gasteiger partial charge >= 0.3 is 0 Å². The third kappa shape index (κ3) is 5.06. The molecule has 1 unspecified atom stereocenters. The van der Waals surface area contributed by atoms with Gasteiger partial charge in [0.25, 0.3) is 0 Å². The van der Waals surface area contributed by atoms with Gasteiger partial charge in [-0.1, -0.05) is 32.1 Å². The molecule has 2 saturated heterocycles. The number of nitrogens with zero attached hydrogens (tertiary/aromatic N) is 3. The first-order valence-corrected chi connectivity index (χ1v) is 11.5. The minimum Gasteiger partial charge on any atom is -0.379 e. The van der Waals surface area contributed by atoms with Gasteiger partial charge in [0, 0.05) is 58.2 Å². The molecule has 30 heavy (non-hydrogen) atoms. The molecular weight excluding hydrogens is 374 g/mol. The van der Waals surface area contributed by atoms with Crippen molar-refractivity contribution in [2.45, 2.75) is 65.0 Å². The molecule has 3 aliphatic rings. The predicted octanol–water partition coefficient (Wildman–Crippen LogP) is 4.10. The SMILES string of the molecule is C=C1C(C)N(C(/C=C/CN2CC(OC)C2)=C2CCC2)CCN1/C(=C\CCC)C(C)=O. The van der Waals surface area contributed by atoms with Crippen molar-refractivity contribution in [3.63, 3.8) is 0 Å². The summed E-state index contributed by atoms with van der Waals surface area (Å²) in [7, 11) is 1.79. The summed E-state index contributed by atoms with van der Waals surface area (Å²) in [5.74, 6) is 0.131. The molecule has 0 aromatic heterocycles. The maximum Gasteiger partial charge on any atom is 0.175 e. The number of hydrogen-bond acceptors (Lipinski definition) is 5. The minimum atomic E-state index is 0.131. The Balaban J connectivity index is 1.69. The first-order valence-electron chi connectivity index (χ1n) is 11.5. The number of carbonyl (C=O) groups is 1. The van der Waals surface area contributed by atoms with Crippen LogP contribution in [0.4, 0.5) is 0 Å². The Bertz CT molecular complexity index is 725. The number of ether oxygens (including phenoxy) is 1. The lowest BCUT2D eigenvalue weighted by Crippen LogP contribution is -2.51. The molecule has 166 valence electrons. The molecule has 2 heterocycles. The second kappa shape index (κ2) is 10.5. The first kappa shape index (κ1) is 22.8. The molecule has 0 amide bonds. The summed E-state index contributed by atoms with van der Waals surface area (Å²) in [6.07, 6.45) is 12.8. The molecule has 1 saturated carbocycles. The van der Waals surface area contributed by atoms with Crippen LogP contribution in [0.3, 0.4) is 0 Å². The van der Waals surface area contributed by atoms with E-state index in [2.05, 4.69) is 53.4 Å². The van der Waals surface area contributed by atoms with Gasteiger partial charge in [0.15, 0.2) is 5.78 Å². The molecule has 3 rings (SSSR count). The third-order valence-corrected chi connectivity index (χ3v) is 6.66. The van der Waals surface area contributed by atoms with Crippen LogP contribution in [-0.2, 0) is 9.53 Å². The molecule has 0 N–H and O–H groups in total. The second-order valence-corrected chi connectivity index (χ2v) is 8.77. The van der Waals surface area contributed by atoms with Crippen molar-refractivity contribution in [1.29, 1.82) is 0 Å². The summed E-state index contributed by atoms with van der Waals surface area (Å²) in [6.45, 7) is 15.2. The Morgan fingerprint density at radius 2 is 2.00 bits per heavy atom. The lowest BCUT2D eigenvalue weighted by Gasteiger charge is -2.46. The number of piperazine rings is 1. The van der Waals surface area contributed by atoms with Gasteiger partial charge in [-0.15, -0.1) is 0 Å². The number of unbranched alkanes of at least 4 members (excludes halogenated alkanes) is 1. The molecule has 1 aliphatic carbocycles. The zero-order valence-electron chi connectivity index (χ0n) is 19.3. The van der Waals surface area contributed by atoms with Crippen LogP contribution < -0.4 is 0 Å². The standard InChI is InChI=1S/C25H39N3O2/c1-6-7-12-24(21(4)29)27-15-16-28(20(3)19(27)2)25(22-10-8-11-22)13-9-14-26-17-23(18-26)30-5/h9,12-13,20,23H,2,6-8,10-11,14-18H2,1,3-5H3/b13-9+,24-12-. The number of Topliss-reactive ketones (excluding diaryl/α,β-unsaturated/α-hetero) is 1. The highest BCUT2D eigenvalue weighted by Crippen LogP contribution is 2.35. The van der Waals surface area contributed by atoms with E-state index >= 15 is 0 Å². The summed E-state index contributed by atoms with van der Waals surface area (Å²) in [5.41, 5.74) is 4.77. The molecular formula is C25H39N3O2. The fourth-order valence-electron chi connectivity index (χ4n) is 4.44. The topological polar surface area (TPSA) is 36.0 Å². The largest absolute Gasteiger partial charge is 0.379 e. The van der Waals surface area contributed by atoms with Gasteiger partial charge in [-0.3, -0.25) is 9.69 Å². The van der Waals surface area contributed by atoms with Gasteiger partial charge in [-0.2, -0.15) is 0 Å². The van der Waals surface area contributed by atoms with Crippen molar-refractivity contribution in [1.82, 2.24) is 14.7 Å². The molecule has 0 spiro atoms. The van der Waals surface area contributed by atoms with E-state index in [1.165, 1.54) is 25.0 Å². The molecule has 5 nitrogen and oxygen atoms in total. The normalized spacial score (nSPS) is 23.7. The van der Waals surface area contributed by atoms with E-state index in [-0.39, 0.29) is 11.8 Å². The minimum absolute atomic E-state index is 0.131. The van der Waals surface area contributed by atoms with E-state index in [0.717, 1.165) is 57.0 Å². The van der Waals surface area contributed by atoms with Crippen molar-refractivity contribution in [3.8, 4) is 0 Å². The van der Waals surface area contributed by atoms with E-state index in [9.17, 15) is 4.79 Å². The summed E-state index contributed by atoms with van der Waals surface area (Å²) in [4.78, 5) is 19.3. The Morgan fingerprint density at radius 1 is 1.27 bits per heavy atom. The van der Waals surface area contributed by atoms with E-state index in [1.54, 1.807) is 19.6 Å². The first-order chi connectivity index (χ1) is 14.5. The third-order valence-electron chi connectivity index (χ3n) is 6.66.